The molecule has 2 atom stereocenters. The summed E-state index contributed by atoms with van der Waals surface area (Å²) in [5.41, 5.74) is 4.01. The predicted octanol–water partition coefficient (Wildman–Crippen LogP) is 3.68. The zero-order valence-corrected chi connectivity index (χ0v) is 14.7. The highest BCUT2D eigenvalue weighted by Gasteiger charge is 2.53. The van der Waals surface area contributed by atoms with Crippen LogP contribution in [0.3, 0.4) is 0 Å². The monoisotopic (exact) mass is 322 g/mol. The molecule has 126 valence electrons. The second kappa shape index (κ2) is 6.78. The number of carbonyl (C=O) groups excluding carboxylic acids is 1. The number of hydrogen-bond acceptors (Lipinski definition) is 2. The van der Waals surface area contributed by atoms with E-state index in [1.807, 2.05) is 26.0 Å². The van der Waals surface area contributed by atoms with Crippen molar-refractivity contribution in [1.82, 2.24) is 10.6 Å². The van der Waals surface area contributed by atoms with Crippen molar-refractivity contribution < 1.29 is 4.79 Å². The number of hydrogen-bond donors (Lipinski definition) is 2. The van der Waals surface area contributed by atoms with Crippen molar-refractivity contribution in [2.45, 2.75) is 45.2 Å². The number of rotatable bonds is 3. The van der Waals surface area contributed by atoms with Crippen LogP contribution in [-0.4, -0.2) is 12.5 Å². The van der Waals surface area contributed by atoms with Crippen LogP contribution in [0.4, 0.5) is 0 Å². The van der Waals surface area contributed by atoms with Crippen LogP contribution in [0.2, 0.25) is 0 Å². The van der Waals surface area contributed by atoms with Gasteiger partial charge in [-0.05, 0) is 35.1 Å². The summed E-state index contributed by atoms with van der Waals surface area (Å²) in [6, 6.07) is 16.9. The molecule has 0 aromatic heterocycles. The third-order valence-corrected chi connectivity index (χ3v) is 4.85. The fraction of sp³-hybridized carbons (Fsp3) is 0.381. The van der Waals surface area contributed by atoms with E-state index in [-0.39, 0.29) is 11.9 Å². The first-order chi connectivity index (χ1) is 11.8. The molecule has 0 saturated carbocycles. The molecule has 2 aromatic carbocycles. The van der Waals surface area contributed by atoms with E-state index >= 15 is 0 Å². The van der Waals surface area contributed by atoms with Crippen molar-refractivity contribution in [3.63, 3.8) is 0 Å². The van der Waals surface area contributed by atoms with Gasteiger partial charge in [-0.25, -0.2) is 0 Å². The Bertz CT molecular complexity index is 727. The highest BCUT2D eigenvalue weighted by atomic mass is 16.2. The molecule has 0 aliphatic carbocycles. The van der Waals surface area contributed by atoms with Gasteiger partial charge in [0.2, 0.25) is 5.91 Å². The minimum Gasteiger partial charge on any atom is -0.354 e. The summed E-state index contributed by atoms with van der Waals surface area (Å²) in [6.07, 6.45) is 1.88. The maximum absolute atomic E-state index is 13.1. The minimum absolute atomic E-state index is 0.0662. The van der Waals surface area contributed by atoms with Gasteiger partial charge < -0.3 is 5.32 Å². The molecule has 3 heteroatoms. The third-order valence-electron chi connectivity index (χ3n) is 4.85. The third kappa shape index (κ3) is 2.35. The molecular formula is C21H26N2O. The number of fused-ring (bicyclic) bond motifs is 7. The van der Waals surface area contributed by atoms with Gasteiger partial charge >= 0.3 is 0 Å². The van der Waals surface area contributed by atoms with Crippen LogP contribution in [0.5, 0.6) is 0 Å². The van der Waals surface area contributed by atoms with E-state index in [1.165, 1.54) is 11.1 Å². The molecule has 0 spiro atoms. The molecule has 0 saturated heterocycles. The summed E-state index contributed by atoms with van der Waals surface area (Å²) < 4.78 is 0. The van der Waals surface area contributed by atoms with E-state index in [4.69, 9.17) is 0 Å². The largest absolute Gasteiger partial charge is 0.354 e. The maximum atomic E-state index is 13.1. The highest BCUT2D eigenvalue weighted by molar-refractivity contribution is 5.94. The zero-order valence-electron chi connectivity index (χ0n) is 14.7. The average molecular weight is 322 g/mol. The fourth-order valence-electron chi connectivity index (χ4n) is 3.91. The van der Waals surface area contributed by atoms with Crippen molar-refractivity contribution in [1.29, 1.82) is 0 Å². The van der Waals surface area contributed by atoms with E-state index in [0.29, 0.717) is 6.54 Å². The lowest BCUT2D eigenvalue weighted by Crippen LogP contribution is -2.55. The summed E-state index contributed by atoms with van der Waals surface area (Å²) in [5.74, 6) is 0.0662. The second-order valence-electron chi connectivity index (χ2n) is 6.15. The number of amides is 1. The smallest absolute Gasteiger partial charge is 0.249 e. The summed E-state index contributed by atoms with van der Waals surface area (Å²) in [5, 5.41) is 6.72. The molecule has 2 aromatic rings. The molecule has 2 aliphatic heterocycles. The second-order valence-corrected chi connectivity index (χ2v) is 6.15. The Morgan fingerprint density at radius 3 is 2.54 bits per heavy atom. The lowest BCUT2D eigenvalue weighted by Gasteiger charge is -2.36. The van der Waals surface area contributed by atoms with Gasteiger partial charge in [-0.2, -0.15) is 0 Å². The van der Waals surface area contributed by atoms with Gasteiger partial charge in [0, 0.05) is 12.6 Å². The standard InChI is InChI=1S/C19H20N2O.C2H6/c1-2-11-20-18(22)19-15-9-5-3-7-13(15)12-17(21-19)14-8-4-6-10-16(14)19;1-2/h3-10,17,21H,2,11-12H2,1H3,(H,20,22);1-2H3. The number of carbonyl (C=O) groups is 1. The van der Waals surface area contributed by atoms with Gasteiger partial charge in [-0.1, -0.05) is 69.3 Å². The Morgan fingerprint density at radius 1 is 1.12 bits per heavy atom. The van der Waals surface area contributed by atoms with Crippen LogP contribution in [0.1, 0.15) is 55.5 Å². The lowest BCUT2D eigenvalue weighted by atomic mass is 9.80. The van der Waals surface area contributed by atoms with Crippen molar-refractivity contribution >= 4 is 5.91 Å². The van der Waals surface area contributed by atoms with Crippen LogP contribution in [0.25, 0.3) is 0 Å². The van der Waals surface area contributed by atoms with Crippen molar-refractivity contribution in [2.75, 3.05) is 6.54 Å². The molecule has 1 amide bonds. The normalized spacial score (nSPS) is 22.7. The van der Waals surface area contributed by atoms with Crippen LogP contribution < -0.4 is 10.6 Å². The van der Waals surface area contributed by atoms with Gasteiger partial charge in [0.1, 0.15) is 0 Å². The molecule has 2 heterocycles. The maximum Gasteiger partial charge on any atom is 0.249 e. The van der Waals surface area contributed by atoms with E-state index in [0.717, 1.165) is 24.0 Å². The first-order valence-corrected chi connectivity index (χ1v) is 9.01. The molecule has 2 unspecified atom stereocenters. The van der Waals surface area contributed by atoms with E-state index < -0.39 is 5.54 Å². The van der Waals surface area contributed by atoms with E-state index in [2.05, 4.69) is 54.0 Å². The lowest BCUT2D eigenvalue weighted by molar-refractivity contribution is -0.126. The molecular weight excluding hydrogens is 296 g/mol. The van der Waals surface area contributed by atoms with Gasteiger partial charge in [-0.3, -0.25) is 10.1 Å². The van der Waals surface area contributed by atoms with Crippen LogP contribution in [0, 0.1) is 0 Å². The molecule has 0 fully saturated rings. The molecule has 24 heavy (non-hydrogen) atoms. The molecule has 2 aliphatic rings. The molecule has 2 bridgehead atoms. The Balaban J connectivity index is 0.000000815. The SMILES string of the molecule is CC.CCCNC(=O)C12NC(Cc3ccccc31)c1ccccc12. The molecule has 3 nitrogen and oxygen atoms in total. The summed E-state index contributed by atoms with van der Waals surface area (Å²) in [4.78, 5) is 13.1. The Labute approximate surface area is 144 Å². The van der Waals surface area contributed by atoms with Crippen LogP contribution in [0.15, 0.2) is 48.5 Å². The summed E-state index contributed by atoms with van der Waals surface area (Å²) >= 11 is 0. The quantitative estimate of drug-likeness (QED) is 0.905. The first-order valence-electron chi connectivity index (χ1n) is 9.01. The Kier molecular flexibility index (Phi) is 4.72. The molecule has 2 N–H and O–H groups in total. The van der Waals surface area contributed by atoms with Gasteiger partial charge in [0.05, 0.1) is 0 Å². The van der Waals surface area contributed by atoms with E-state index in [1.54, 1.807) is 0 Å². The van der Waals surface area contributed by atoms with Gasteiger partial charge in [0.15, 0.2) is 5.54 Å². The van der Waals surface area contributed by atoms with Crippen molar-refractivity contribution in [2.24, 2.45) is 0 Å². The molecule has 4 rings (SSSR count). The highest BCUT2D eigenvalue weighted by Crippen LogP contribution is 2.48. The van der Waals surface area contributed by atoms with Crippen molar-refractivity contribution in [3.05, 3.63) is 70.8 Å². The first kappa shape index (κ1) is 16.7. The number of nitrogens with one attached hydrogen (secondary N) is 2. The van der Waals surface area contributed by atoms with E-state index in [9.17, 15) is 4.79 Å². The van der Waals surface area contributed by atoms with Crippen LogP contribution in [-0.2, 0) is 16.8 Å². The van der Waals surface area contributed by atoms with Crippen molar-refractivity contribution in [3.8, 4) is 0 Å². The predicted molar refractivity (Wildman–Crippen MR) is 97.9 cm³/mol. The summed E-state index contributed by atoms with van der Waals surface area (Å²) in [7, 11) is 0. The zero-order chi connectivity index (χ0) is 17.2. The minimum atomic E-state index is -0.731. The number of benzene rings is 2. The van der Waals surface area contributed by atoms with Gasteiger partial charge in [0.25, 0.3) is 0 Å². The topological polar surface area (TPSA) is 41.1 Å². The average Bonchev–Trinajstić information content (AvgIpc) is 2.92. The van der Waals surface area contributed by atoms with Crippen LogP contribution >= 0.6 is 0 Å². The Hall–Kier alpha value is -2.13. The molecule has 0 radical (unpaired) electrons. The summed E-state index contributed by atoms with van der Waals surface area (Å²) in [6.45, 7) is 6.78. The Morgan fingerprint density at radius 2 is 1.79 bits per heavy atom. The van der Waals surface area contributed by atoms with Gasteiger partial charge in [-0.15, -0.1) is 0 Å². The fourth-order valence-corrected chi connectivity index (χ4v) is 3.91.